The molecule has 1 fully saturated rings. The van der Waals surface area contributed by atoms with Crippen molar-refractivity contribution in [2.24, 2.45) is 5.73 Å². The van der Waals surface area contributed by atoms with Crippen LogP contribution < -0.4 is 5.73 Å². The van der Waals surface area contributed by atoms with Gasteiger partial charge in [0.25, 0.3) is 0 Å². The van der Waals surface area contributed by atoms with Crippen molar-refractivity contribution in [1.29, 1.82) is 0 Å². The lowest BCUT2D eigenvalue weighted by Gasteiger charge is -2.32. The van der Waals surface area contributed by atoms with E-state index in [0.29, 0.717) is 6.04 Å². The largest absolute Gasteiger partial charge is 0.338 e. The average molecular weight is 260 g/mol. The second-order valence-corrected chi connectivity index (χ2v) is 5.65. The molecular formula is C16H24N2O. The first-order valence-electron chi connectivity index (χ1n) is 7.23. The summed E-state index contributed by atoms with van der Waals surface area (Å²) >= 11 is 0. The van der Waals surface area contributed by atoms with Gasteiger partial charge in [-0.05, 0) is 31.7 Å². The molecule has 1 amide bonds. The van der Waals surface area contributed by atoms with E-state index in [1.165, 1.54) is 0 Å². The topological polar surface area (TPSA) is 46.3 Å². The molecule has 1 aromatic carbocycles. The lowest BCUT2D eigenvalue weighted by atomic mass is 9.91. The third-order valence-corrected chi connectivity index (χ3v) is 3.82. The summed E-state index contributed by atoms with van der Waals surface area (Å²) in [5.74, 6) is 0.0645. The standard InChI is InChI=1S/C16H24N2O/c1-3-4-12-18(14-10-11-14)15(19)16(2,17)13-8-6-5-7-9-13/h5-9,14H,3-4,10-12,17H2,1-2H3. The van der Waals surface area contributed by atoms with Crippen LogP contribution in [-0.2, 0) is 10.3 Å². The average Bonchev–Trinajstić information content (AvgIpc) is 3.24. The van der Waals surface area contributed by atoms with Crippen molar-refractivity contribution in [1.82, 2.24) is 4.90 Å². The lowest BCUT2D eigenvalue weighted by molar-refractivity contribution is -0.137. The molecule has 1 unspecified atom stereocenters. The van der Waals surface area contributed by atoms with Crippen molar-refractivity contribution >= 4 is 5.91 Å². The molecule has 0 radical (unpaired) electrons. The number of amides is 1. The van der Waals surface area contributed by atoms with Gasteiger partial charge in [-0.15, -0.1) is 0 Å². The van der Waals surface area contributed by atoms with Crippen LogP contribution in [0.4, 0.5) is 0 Å². The fraction of sp³-hybridized carbons (Fsp3) is 0.562. The molecule has 104 valence electrons. The van der Waals surface area contributed by atoms with Crippen LogP contribution in [0.3, 0.4) is 0 Å². The Kier molecular flexibility index (Phi) is 4.25. The molecule has 19 heavy (non-hydrogen) atoms. The number of hydrogen-bond donors (Lipinski definition) is 1. The van der Waals surface area contributed by atoms with Crippen LogP contribution in [0.5, 0.6) is 0 Å². The molecule has 3 heteroatoms. The van der Waals surface area contributed by atoms with E-state index in [9.17, 15) is 4.79 Å². The van der Waals surface area contributed by atoms with Gasteiger partial charge >= 0.3 is 0 Å². The fourth-order valence-corrected chi connectivity index (χ4v) is 2.37. The predicted molar refractivity (Wildman–Crippen MR) is 77.6 cm³/mol. The van der Waals surface area contributed by atoms with Gasteiger partial charge in [-0.25, -0.2) is 0 Å². The number of carbonyl (C=O) groups is 1. The third-order valence-electron chi connectivity index (χ3n) is 3.82. The van der Waals surface area contributed by atoms with Gasteiger partial charge in [0, 0.05) is 12.6 Å². The van der Waals surface area contributed by atoms with Crippen LogP contribution in [0.25, 0.3) is 0 Å². The highest BCUT2D eigenvalue weighted by molar-refractivity contribution is 5.87. The molecule has 1 aliphatic carbocycles. The summed E-state index contributed by atoms with van der Waals surface area (Å²) in [6.45, 7) is 4.81. The van der Waals surface area contributed by atoms with Crippen LogP contribution in [0, 0.1) is 0 Å². The molecule has 0 aliphatic heterocycles. The monoisotopic (exact) mass is 260 g/mol. The minimum atomic E-state index is -0.919. The van der Waals surface area contributed by atoms with E-state index in [1.54, 1.807) is 0 Å². The molecule has 1 atom stereocenters. The zero-order chi connectivity index (χ0) is 13.9. The van der Waals surface area contributed by atoms with E-state index in [4.69, 9.17) is 5.73 Å². The maximum atomic E-state index is 12.8. The van der Waals surface area contributed by atoms with E-state index in [0.717, 1.165) is 37.8 Å². The molecule has 0 aromatic heterocycles. The van der Waals surface area contributed by atoms with Crippen molar-refractivity contribution in [3.63, 3.8) is 0 Å². The van der Waals surface area contributed by atoms with Crippen LogP contribution in [-0.4, -0.2) is 23.4 Å². The van der Waals surface area contributed by atoms with E-state index in [-0.39, 0.29) is 5.91 Å². The van der Waals surface area contributed by atoms with E-state index in [1.807, 2.05) is 42.2 Å². The molecule has 1 aromatic rings. The molecule has 3 nitrogen and oxygen atoms in total. The molecule has 2 N–H and O–H groups in total. The Bertz CT molecular complexity index is 424. The van der Waals surface area contributed by atoms with Gasteiger partial charge in [-0.3, -0.25) is 4.79 Å². The highest BCUT2D eigenvalue weighted by atomic mass is 16.2. The summed E-state index contributed by atoms with van der Waals surface area (Å²) in [4.78, 5) is 14.8. The first-order chi connectivity index (χ1) is 9.07. The molecule has 1 aliphatic rings. The Balaban J connectivity index is 2.15. The van der Waals surface area contributed by atoms with E-state index in [2.05, 4.69) is 6.92 Å². The Labute approximate surface area is 115 Å². The lowest BCUT2D eigenvalue weighted by Crippen LogP contribution is -2.52. The molecule has 2 rings (SSSR count). The van der Waals surface area contributed by atoms with Crippen molar-refractivity contribution in [3.8, 4) is 0 Å². The maximum Gasteiger partial charge on any atom is 0.247 e. The molecule has 0 spiro atoms. The van der Waals surface area contributed by atoms with Crippen LogP contribution in [0.15, 0.2) is 30.3 Å². The van der Waals surface area contributed by atoms with E-state index < -0.39 is 5.54 Å². The SMILES string of the molecule is CCCCN(C(=O)C(C)(N)c1ccccc1)C1CC1. The highest BCUT2D eigenvalue weighted by Crippen LogP contribution is 2.31. The smallest absolute Gasteiger partial charge is 0.247 e. The number of rotatable bonds is 6. The number of benzene rings is 1. The van der Waals surface area contributed by atoms with Crippen LogP contribution in [0.1, 0.15) is 45.1 Å². The van der Waals surface area contributed by atoms with Gasteiger partial charge in [0.05, 0.1) is 0 Å². The van der Waals surface area contributed by atoms with Gasteiger partial charge in [0.15, 0.2) is 0 Å². The van der Waals surface area contributed by atoms with Crippen molar-refractivity contribution in [2.75, 3.05) is 6.54 Å². The molecule has 0 saturated heterocycles. The molecule has 0 bridgehead atoms. The van der Waals surface area contributed by atoms with Crippen LogP contribution >= 0.6 is 0 Å². The Morgan fingerprint density at radius 1 is 1.37 bits per heavy atom. The maximum absolute atomic E-state index is 12.8. The second-order valence-electron chi connectivity index (χ2n) is 5.65. The first kappa shape index (κ1) is 14.1. The normalized spacial score (nSPS) is 17.8. The van der Waals surface area contributed by atoms with Gasteiger partial charge in [0.1, 0.15) is 5.54 Å². The number of hydrogen-bond acceptors (Lipinski definition) is 2. The van der Waals surface area contributed by atoms with Crippen molar-refractivity contribution in [3.05, 3.63) is 35.9 Å². The summed E-state index contributed by atoms with van der Waals surface area (Å²) < 4.78 is 0. The number of carbonyl (C=O) groups excluding carboxylic acids is 1. The second kappa shape index (κ2) is 5.74. The predicted octanol–water partition coefficient (Wildman–Crippen LogP) is 2.65. The summed E-state index contributed by atoms with van der Waals surface area (Å²) in [5, 5.41) is 0. The Morgan fingerprint density at radius 3 is 2.53 bits per heavy atom. The Morgan fingerprint density at radius 2 is 2.00 bits per heavy atom. The summed E-state index contributed by atoms with van der Waals surface area (Å²) in [6.07, 6.45) is 4.40. The van der Waals surface area contributed by atoms with Gasteiger partial charge in [0.2, 0.25) is 5.91 Å². The van der Waals surface area contributed by atoms with Gasteiger partial charge < -0.3 is 10.6 Å². The molecule has 1 saturated carbocycles. The molecular weight excluding hydrogens is 236 g/mol. The van der Waals surface area contributed by atoms with Crippen LogP contribution in [0.2, 0.25) is 0 Å². The first-order valence-corrected chi connectivity index (χ1v) is 7.23. The van der Waals surface area contributed by atoms with Gasteiger partial charge in [-0.2, -0.15) is 0 Å². The minimum absolute atomic E-state index is 0.0645. The van der Waals surface area contributed by atoms with Crippen molar-refractivity contribution < 1.29 is 4.79 Å². The summed E-state index contributed by atoms with van der Waals surface area (Å²) in [5.41, 5.74) is 6.30. The zero-order valence-corrected chi connectivity index (χ0v) is 11.9. The fourth-order valence-electron chi connectivity index (χ4n) is 2.37. The van der Waals surface area contributed by atoms with E-state index >= 15 is 0 Å². The number of nitrogens with zero attached hydrogens (tertiary/aromatic N) is 1. The number of unbranched alkanes of at least 4 members (excludes halogenated alkanes) is 1. The van der Waals surface area contributed by atoms with Crippen molar-refractivity contribution in [2.45, 2.75) is 51.1 Å². The summed E-state index contributed by atoms with van der Waals surface area (Å²) in [6, 6.07) is 10.1. The zero-order valence-electron chi connectivity index (χ0n) is 11.9. The Hall–Kier alpha value is -1.35. The minimum Gasteiger partial charge on any atom is -0.338 e. The third kappa shape index (κ3) is 3.16. The quantitative estimate of drug-likeness (QED) is 0.854. The molecule has 0 heterocycles. The summed E-state index contributed by atoms with van der Waals surface area (Å²) in [7, 11) is 0. The highest BCUT2D eigenvalue weighted by Gasteiger charge is 2.40. The number of nitrogens with two attached hydrogens (primary N) is 1. The van der Waals surface area contributed by atoms with Gasteiger partial charge in [-0.1, -0.05) is 43.7 Å².